The molecule has 1 saturated heterocycles. The van der Waals surface area contributed by atoms with E-state index in [0.29, 0.717) is 17.9 Å². The number of ether oxygens (including phenoxy) is 2. The lowest BCUT2D eigenvalue weighted by Gasteiger charge is -2.11. The van der Waals surface area contributed by atoms with Gasteiger partial charge in [0, 0.05) is 13.2 Å². The highest BCUT2D eigenvalue weighted by atomic mass is 32.2. The zero-order chi connectivity index (χ0) is 20.5. The molecule has 0 radical (unpaired) electrons. The molecule has 0 saturated carbocycles. The van der Waals surface area contributed by atoms with Crippen LogP contribution in [0.3, 0.4) is 0 Å². The van der Waals surface area contributed by atoms with Crippen molar-refractivity contribution in [3.63, 3.8) is 0 Å². The summed E-state index contributed by atoms with van der Waals surface area (Å²) in [5.74, 6) is 0.320. The minimum atomic E-state index is -3.69. The Labute approximate surface area is 170 Å². The average Bonchev–Trinajstić information content (AvgIpc) is 3.26. The molecule has 1 amide bonds. The fourth-order valence-electron chi connectivity index (χ4n) is 2.71. The molecule has 0 aromatic heterocycles. The van der Waals surface area contributed by atoms with Gasteiger partial charge in [-0.15, -0.1) is 0 Å². The van der Waals surface area contributed by atoms with Crippen LogP contribution >= 0.6 is 0 Å². The molecule has 1 atom stereocenters. The van der Waals surface area contributed by atoms with Crippen molar-refractivity contribution >= 4 is 22.1 Å². The Morgan fingerprint density at radius 1 is 1.17 bits per heavy atom. The fraction of sp³-hybridized carbons (Fsp3) is 0.300. The van der Waals surface area contributed by atoms with Crippen LogP contribution in [0.5, 0.6) is 5.75 Å². The predicted octanol–water partition coefficient (Wildman–Crippen LogP) is 1.67. The number of hydrogen-bond donors (Lipinski definition) is 2. The molecular formula is C20H23N3O5S. The van der Waals surface area contributed by atoms with Crippen LogP contribution in [-0.2, 0) is 19.6 Å². The van der Waals surface area contributed by atoms with Crippen LogP contribution in [0.4, 0.5) is 0 Å². The normalized spacial score (nSPS) is 16.6. The molecule has 0 spiro atoms. The Morgan fingerprint density at radius 2 is 1.93 bits per heavy atom. The van der Waals surface area contributed by atoms with Gasteiger partial charge in [0.1, 0.15) is 5.75 Å². The van der Waals surface area contributed by atoms with E-state index in [1.54, 1.807) is 42.5 Å². The van der Waals surface area contributed by atoms with Crippen LogP contribution in [0, 0.1) is 0 Å². The smallest absolute Gasteiger partial charge is 0.276 e. The summed E-state index contributed by atoms with van der Waals surface area (Å²) in [6, 6.07) is 14.8. The first kappa shape index (κ1) is 20.8. The first-order valence-electron chi connectivity index (χ1n) is 9.24. The van der Waals surface area contributed by atoms with Gasteiger partial charge in [0.05, 0.1) is 17.2 Å². The highest BCUT2D eigenvalue weighted by molar-refractivity contribution is 7.89. The van der Waals surface area contributed by atoms with E-state index >= 15 is 0 Å². The third-order valence-electron chi connectivity index (χ3n) is 4.24. The topological polar surface area (TPSA) is 106 Å². The van der Waals surface area contributed by atoms with Crippen LogP contribution in [0.25, 0.3) is 0 Å². The number of nitrogens with zero attached hydrogens (tertiary/aromatic N) is 1. The first-order valence-corrected chi connectivity index (χ1v) is 10.7. The molecule has 2 N–H and O–H groups in total. The van der Waals surface area contributed by atoms with Gasteiger partial charge in [0.2, 0.25) is 0 Å². The van der Waals surface area contributed by atoms with Crippen LogP contribution in [-0.4, -0.2) is 46.4 Å². The minimum absolute atomic E-state index is 0.0863. The van der Waals surface area contributed by atoms with Gasteiger partial charge >= 0.3 is 0 Å². The maximum absolute atomic E-state index is 12.1. The molecule has 0 aliphatic carbocycles. The second-order valence-corrected chi connectivity index (χ2v) is 8.12. The number of benzene rings is 2. The summed E-state index contributed by atoms with van der Waals surface area (Å²) in [6.07, 6.45) is 3.47. The molecule has 3 rings (SSSR count). The Morgan fingerprint density at radius 3 is 2.62 bits per heavy atom. The third kappa shape index (κ3) is 6.58. The van der Waals surface area contributed by atoms with Gasteiger partial charge in [-0.1, -0.05) is 18.2 Å². The number of nitrogens with one attached hydrogen (secondary N) is 2. The van der Waals surface area contributed by atoms with Gasteiger partial charge in [-0.3, -0.25) is 4.79 Å². The molecule has 0 unspecified atom stereocenters. The van der Waals surface area contributed by atoms with Gasteiger partial charge in [0.25, 0.3) is 15.9 Å². The zero-order valence-electron chi connectivity index (χ0n) is 15.8. The predicted molar refractivity (Wildman–Crippen MR) is 108 cm³/mol. The molecule has 1 fully saturated rings. The number of amides is 1. The van der Waals surface area contributed by atoms with Crippen molar-refractivity contribution in [1.29, 1.82) is 0 Å². The van der Waals surface area contributed by atoms with Crippen LogP contribution < -0.4 is 14.9 Å². The van der Waals surface area contributed by atoms with Crippen molar-refractivity contribution in [2.75, 3.05) is 19.8 Å². The Kier molecular flexibility index (Phi) is 7.20. The van der Waals surface area contributed by atoms with E-state index in [9.17, 15) is 13.2 Å². The van der Waals surface area contributed by atoms with Crippen molar-refractivity contribution in [3.8, 4) is 5.75 Å². The van der Waals surface area contributed by atoms with Crippen LogP contribution in [0.15, 0.2) is 64.6 Å². The molecule has 2 aromatic rings. The maximum Gasteiger partial charge on any atom is 0.276 e. The van der Waals surface area contributed by atoms with Crippen molar-refractivity contribution in [2.24, 2.45) is 5.10 Å². The van der Waals surface area contributed by atoms with Gasteiger partial charge in [-0.05, 0) is 54.8 Å². The summed E-state index contributed by atoms with van der Waals surface area (Å²) in [5, 5.41) is 6.56. The van der Waals surface area contributed by atoms with Gasteiger partial charge in [0.15, 0.2) is 6.61 Å². The number of rotatable bonds is 9. The number of hydrogen-bond acceptors (Lipinski definition) is 6. The van der Waals surface area contributed by atoms with Gasteiger partial charge < -0.3 is 14.8 Å². The standard InChI is InChI=1S/C20H23N3O5S/c24-20(21-14-18-5-4-12-27-18)15-28-17-10-8-16(9-11-17)13-22-23-29(25,26)19-6-2-1-3-7-19/h1-3,6-11,13,18,23H,4-5,12,14-15H2,(H,21,24)/b22-13-/t18-/m0/s1. The SMILES string of the molecule is O=C(COc1ccc(/C=N\NS(=O)(=O)c2ccccc2)cc1)NC[C@@H]1CCCO1. The molecule has 1 heterocycles. The first-order chi connectivity index (χ1) is 14.0. The molecule has 1 aliphatic rings. The number of hydrazone groups is 1. The molecular weight excluding hydrogens is 394 g/mol. The summed E-state index contributed by atoms with van der Waals surface area (Å²) in [6.45, 7) is 1.16. The highest BCUT2D eigenvalue weighted by Gasteiger charge is 2.16. The number of sulfonamides is 1. The van der Waals surface area contributed by atoms with Gasteiger partial charge in [-0.25, -0.2) is 4.83 Å². The lowest BCUT2D eigenvalue weighted by Crippen LogP contribution is -2.35. The van der Waals surface area contributed by atoms with E-state index in [-0.39, 0.29) is 23.5 Å². The molecule has 29 heavy (non-hydrogen) atoms. The van der Waals surface area contributed by atoms with Gasteiger partial charge in [-0.2, -0.15) is 13.5 Å². The summed E-state index contributed by atoms with van der Waals surface area (Å²) >= 11 is 0. The molecule has 9 heteroatoms. The third-order valence-corrected chi connectivity index (χ3v) is 5.48. The zero-order valence-corrected chi connectivity index (χ0v) is 16.6. The lowest BCUT2D eigenvalue weighted by molar-refractivity contribution is -0.123. The van der Waals surface area contributed by atoms with Crippen molar-refractivity contribution in [3.05, 3.63) is 60.2 Å². The monoisotopic (exact) mass is 417 g/mol. The van der Waals surface area contributed by atoms with Crippen molar-refractivity contribution < 1.29 is 22.7 Å². The average molecular weight is 417 g/mol. The summed E-state index contributed by atoms with van der Waals surface area (Å²) in [7, 11) is -3.69. The molecule has 2 aromatic carbocycles. The summed E-state index contributed by atoms with van der Waals surface area (Å²) in [5.41, 5.74) is 0.677. The Balaban J connectivity index is 1.43. The van der Waals surface area contributed by atoms with E-state index in [2.05, 4.69) is 15.2 Å². The van der Waals surface area contributed by atoms with Crippen molar-refractivity contribution in [2.45, 2.75) is 23.8 Å². The highest BCUT2D eigenvalue weighted by Crippen LogP contribution is 2.12. The molecule has 1 aliphatic heterocycles. The number of carbonyl (C=O) groups is 1. The Bertz CT molecular complexity index is 924. The van der Waals surface area contributed by atoms with E-state index in [0.717, 1.165) is 19.4 Å². The van der Waals surface area contributed by atoms with E-state index in [1.807, 2.05) is 0 Å². The summed E-state index contributed by atoms with van der Waals surface area (Å²) < 4.78 is 35.0. The van der Waals surface area contributed by atoms with E-state index < -0.39 is 10.0 Å². The Hall–Kier alpha value is -2.91. The maximum atomic E-state index is 12.1. The fourth-order valence-corrected chi connectivity index (χ4v) is 3.52. The quantitative estimate of drug-likeness (QED) is 0.477. The van der Waals surface area contributed by atoms with Crippen LogP contribution in [0.1, 0.15) is 18.4 Å². The second-order valence-electron chi connectivity index (χ2n) is 6.46. The number of carbonyl (C=O) groups excluding carboxylic acids is 1. The van der Waals surface area contributed by atoms with Crippen LogP contribution in [0.2, 0.25) is 0 Å². The minimum Gasteiger partial charge on any atom is -0.484 e. The molecule has 8 nitrogen and oxygen atoms in total. The van der Waals surface area contributed by atoms with E-state index in [4.69, 9.17) is 9.47 Å². The second kappa shape index (κ2) is 10.0. The van der Waals surface area contributed by atoms with E-state index in [1.165, 1.54) is 18.3 Å². The molecule has 154 valence electrons. The summed E-state index contributed by atoms with van der Waals surface area (Å²) in [4.78, 5) is 14.1. The lowest BCUT2D eigenvalue weighted by atomic mass is 10.2. The molecule has 0 bridgehead atoms. The van der Waals surface area contributed by atoms with Crippen molar-refractivity contribution in [1.82, 2.24) is 10.1 Å². The largest absolute Gasteiger partial charge is 0.484 e.